The minimum absolute atomic E-state index is 0.00428. The highest BCUT2D eigenvalue weighted by atomic mass is 79.9. The monoisotopic (exact) mass is 359 g/mol. The second-order valence-electron chi connectivity index (χ2n) is 5.50. The molecule has 1 unspecified atom stereocenters. The second kappa shape index (κ2) is 6.53. The van der Waals surface area contributed by atoms with E-state index in [1.54, 1.807) is 0 Å². The fourth-order valence-electron chi connectivity index (χ4n) is 2.89. The molecule has 0 N–H and O–H groups in total. The third-order valence-electron chi connectivity index (χ3n) is 4.14. The maximum Gasteiger partial charge on any atom is 0.260 e. The molecule has 0 aliphatic heterocycles. The predicted octanol–water partition coefficient (Wildman–Crippen LogP) is 3.97. The van der Waals surface area contributed by atoms with E-state index in [9.17, 15) is 4.79 Å². The summed E-state index contributed by atoms with van der Waals surface area (Å²) in [5.41, 5.74) is 2.61. The Labute approximate surface area is 139 Å². The lowest BCUT2D eigenvalue weighted by Gasteiger charge is -2.25. The summed E-state index contributed by atoms with van der Waals surface area (Å²) in [7, 11) is 1.86. The number of fused-ring (bicyclic) bond motifs is 1. The zero-order valence-electron chi connectivity index (χ0n) is 12.5. The van der Waals surface area contributed by atoms with Crippen LogP contribution < -0.4 is 4.74 Å². The van der Waals surface area contributed by atoms with Gasteiger partial charge in [-0.05, 0) is 48.2 Å². The van der Waals surface area contributed by atoms with E-state index in [4.69, 9.17) is 4.74 Å². The van der Waals surface area contributed by atoms with Crippen molar-refractivity contribution in [3.05, 3.63) is 64.1 Å². The van der Waals surface area contributed by atoms with Crippen LogP contribution in [0.5, 0.6) is 5.75 Å². The average Bonchev–Trinajstić information content (AvgIpc) is 2.97. The van der Waals surface area contributed by atoms with Gasteiger partial charge >= 0.3 is 0 Å². The van der Waals surface area contributed by atoms with Crippen molar-refractivity contribution in [2.24, 2.45) is 0 Å². The van der Waals surface area contributed by atoms with Gasteiger partial charge in [-0.2, -0.15) is 0 Å². The number of likely N-dealkylation sites (N-methyl/N-ethyl adjacent to an activating group) is 1. The first-order valence-corrected chi connectivity index (χ1v) is 8.16. The van der Waals surface area contributed by atoms with E-state index >= 15 is 0 Å². The minimum Gasteiger partial charge on any atom is -0.484 e. The molecule has 0 spiro atoms. The van der Waals surface area contributed by atoms with Crippen LogP contribution in [0.4, 0.5) is 0 Å². The van der Waals surface area contributed by atoms with Crippen molar-refractivity contribution in [1.29, 1.82) is 0 Å². The lowest BCUT2D eigenvalue weighted by Crippen LogP contribution is -2.34. The number of aryl methyl sites for hydroxylation is 1. The third-order valence-corrected chi connectivity index (χ3v) is 4.67. The van der Waals surface area contributed by atoms with Crippen LogP contribution in [-0.2, 0) is 11.2 Å². The second-order valence-corrected chi connectivity index (χ2v) is 6.42. The number of carbonyl (C=O) groups is 1. The first-order chi connectivity index (χ1) is 10.6. The highest BCUT2D eigenvalue weighted by molar-refractivity contribution is 9.10. The number of ether oxygens (including phenoxy) is 1. The van der Waals surface area contributed by atoms with Gasteiger partial charge in [-0.1, -0.05) is 40.2 Å². The Balaban J connectivity index is 1.62. The summed E-state index contributed by atoms with van der Waals surface area (Å²) in [6.07, 6.45) is 2.02. The normalized spacial score (nSPS) is 16.2. The van der Waals surface area contributed by atoms with E-state index in [2.05, 4.69) is 34.1 Å². The largest absolute Gasteiger partial charge is 0.484 e. The van der Waals surface area contributed by atoms with Gasteiger partial charge < -0.3 is 9.64 Å². The van der Waals surface area contributed by atoms with Crippen LogP contribution in [0.15, 0.2) is 53.0 Å². The van der Waals surface area contributed by atoms with E-state index in [1.165, 1.54) is 11.1 Å². The number of carbonyl (C=O) groups excluding carboxylic acids is 1. The summed E-state index contributed by atoms with van der Waals surface area (Å²) >= 11 is 3.38. The van der Waals surface area contributed by atoms with Crippen molar-refractivity contribution >= 4 is 21.8 Å². The van der Waals surface area contributed by atoms with E-state index in [-0.39, 0.29) is 18.6 Å². The Morgan fingerprint density at radius 1 is 1.23 bits per heavy atom. The molecule has 0 saturated carbocycles. The van der Waals surface area contributed by atoms with E-state index in [0.717, 1.165) is 17.3 Å². The molecule has 3 nitrogen and oxygen atoms in total. The molecule has 3 rings (SSSR count). The van der Waals surface area contributed by atoms with E-state index < -0.39 is 0 Å². The molecule has 2 aromatic rings. The molecule has 1 amide bonds. The van der Waals surface area contributed by atoms with Gasteiger partial charge in [0.1, 0.15) is 5.75 Å². The SMILES string of the molecule is CN(C(=O)COc1ccc(Br)cc1)C1CCc2ccccc21. The number of benzene rings is 2. The molecule has 1 atom stereocenters. The summed E-state index contributed by atoms with van der Waals surface area (Å²) in [6, 6.07) is 16.0. The zero-order chi connectivity index (χ0) is 15.5. The van der Waals surface area contributed by atoms with Crippen LogP contribution in [-0.4, -0.2) is 24.5 Å². The fraction of sp³-hybridized carbons (Fsp3) is 0.278. The summed E-state index contributed by atoms with van der Waals surface area (Å²) in [4.78, 5) is 14.2. The fourth-order valence-corrected chi connectivity index (χ4v) is 3.15. The van der Waals surface area contributed by atoms with Crippen LogP contribution in [0, 0.1) is 0 Å². The van der Waals surface area contributed by atoms with Crippen LogP contribution in [0.2, 0.25) is 0 Å². The Morgan fingerprint density at radius 3 is 2.73 bits per heavy atom. The zero-order valence-corrected chi connectivity index (χ0v) is 14.0. The average molecular weight is 360 g/mol. The molecular formula is C18H18BrNO2. The number of hydrogen-bond donors (Lipinski definition) is 0. The summed E-state index contributed by atoms with van der Waals surface area (Å²) < 4.78 is 6.57. The molecule has 0 fully saturated rings. The molecule has 0 heterocycles. The van der Waals surface area contributed by atoms with Crippen molar-refractivity contribution < 1.29 is 9.53 Å². The molecule has 114 valence electrons. The van der Waals surface area contributed by atoms with Crippen LogP contribution in [0.1, 0.15) is 23.6 Å². The van der Waals surface area contributed by atoms with Gasteiger partial charge in [0.25, 0.3) is 5.91 Å². The van der Waals surface area contributed by atoms with Crippen molar-refractivity contribution in [3.63, 3.8) is 0 Å². The topological polar surface area (TPSA) is 29.5 Å². The van der Waals surface area contributed by atoms with Gasteiger partial charge in [0.15, 0.2) is 6.61 Å². The van der Waals surface area contributed by atoms with Gasteiger partial charge in [-0.3, -0.25) is 4.79 Å². The molecule has 1 aliphatic rings. The summed E-state index contributed by atoms with van der Waals surface area (Å²) in [6.45, 7) is 0.0663. The maximum absolute atomic E-state index is 12.4. The van der Waals surface area contributed by atoms with Crippen molar-refractivity contribution in [1.82, 2.24) is 4.90 Å². The van der Waals surface area contributed by atoms with Gasteiger partial charge in [0, 0.05) is 11.5 Å². The van der Waals surface area contributed by atoms with Crippen molar-refractivity contribution in [3.8, 4) is 5.75 Å². The Hall–Kier alpha value is -1.81. The maximum atomic E-state index is 12.4. The molecule has 0 bridgehead atoms. The first kappa shape index (κ1) is 15.1. The van der Waals surface area contributed by atoms with Gasteiger partial charge in [-0.25, -0.2) is 0 Å². The number of rotatable bonds is 4. The standard InChI is InChI=1S/C18H18BrNO2/c1-20(17-11-6-13-4-2-3-5-16(13)17)18(21)12-22-15-9-7-14(19)8-10-15/h2-5,7-10,17H,6,11-12H2,1H3. The number of hydrogen-bond acceptors (Lipinski definition) is 2. The van der Waals surface area contributed by atoms with Gasteiger partial charge in [0.05, 0.1) is 6.04 Å². The predicted molar refractivity (Wildman–Crippen MR) is 89.9 cm³/mol. The molecule has 0 radical (unpaired) electrons. The highest BCUT2D eigenvalue weighted by Gasteiger charge is 2.28. The van der Waals surface area contributed by atoms with Crippen molar-refractivity contribution in [2.45, 2.75) is 18.9 Å². The summed E-state index contributed by atoms with van der Waals surface area (Å²) in [5.74, 6) is 0.710. The lowest BCUT2D eigenvalue weighted by atomic mass is 10.1. The number of amides is 1. The van der Waals surface area contributed by atoms with Crippen LogP contribution in [0.25, 0.3) is 0 Å². The number of nitrogens with zero attached hydrogens (tertiary/aromatic N) is 1. The molecular weight excluding hydrogens is 342 g/mol. The third kappa shape index (κ3) is 3.17. The molecule has 4 heteroatoms. The quantitative estimate of drug-likeness (QED) is 0.826. The molecule has 22 heavy (non-hydrogen) atoms. The number of halogens is 1. The van der Waals surface area contributed by atoms with E-state index in [1.807, 2.05) is 42.3 Å². The Morgan fingerprint density at radius 2 is 1.95 bits per heavy atom. The van der Waals surface area contributed by atoms with Crippen molar-refractivity contribution in [2.75, 3.05) is 13.7 Å². The van der Waals surface area contributed by atoms with Crippen LogP contribution in [0.3, 0.4) is 0 Å². The highest BCUT2D eigenvalue weighted by Crippen LogP contribution is 2.34. The molecule has 2 aromatic carbocycles. The van der Waals surface area contributed by atoms with Crippen LogP contribution >= 0.6 is 15.9 Å². The first-order valence-electron chi connectivity index (χ1n) is 7.37. The molecule has 0 aromatic heterocycles. The molecule has 1 aliphatic carbocycles. The minimum atomic E-state index is 0.00428. The van der Waals surface area contributed by atoms with Gasteiger partial charge in [0.2, 0.25) is 0 Å². The van der Waals surface area contributed by atoms with Gasteiger partial charge in [-0.15, -0.1) is 0 Å². The van der Waals surface area contributed by atoms with E-state index in [0.29, 0.717) is 5.75 Å². The Kier molecular flexibility index (Phi) is 4.48. The molecule has 0 saturated heterocycles. The Bertz CT molecular complexity index is 669. The summed E-state index contributed by atoms with van der Waals surface area (Å²) in [5, 5.41) is 0. The smallest absolute Gasteiger partial charge is 0.260 e. The lowest BCUT2D eigenvalue weighted by molar-refractivity contribution is -0.134.